The Kier molecular flexibility index (Phi) is 12.3. The zero-order valence-electron chi connectivity index (χ0n) is 22.4. The number of nitrogens with one attached hydrogen (secondary N) is 3. The number of hydrogen-bond donors (Lipinski definition) is 3. The number of anilines is 1. The number of likely N-dealkylation sites (N-methyl/N-ethyl adjacent to an activating group) is 1. The summed E-state index contributed by atoms with van der Waals surface area (Å²) in [6.45, 7) is 9.04. The third-order valence-corrected chi connectivity index (χ3v) is 7.13. The van der Waals surface area contributed by atoms with E-state index in [-0.39, 0.29) is 22.3 Å². The van der Waals surface area contributed by atoms with Gasteiger partial charge >= 0.3 is 0 Å². The van der Waals surface area contributed by atoms with Crippen molar-refractivity contribution < 1.29 is 14.0 Å². The van der Waals surface area contributed by atoms with Crippen LogP contribution in [0, 0.1) is 23.1 Å². The highest BCUT2D eigenvalue weighted by atomic mass is 35.5. The Morgan fingerprint density at radius 3 is 2.41 bits per heavy atom. The molecule has 2 amide bonds. The zero-order chi connectivity index (χ0) is 27.6. The van der Waals surface area contributed by atoms with Crippen LogP contribution in [0.3, 0.4) is 0 Å². The van der Waals surface area contributed by atoms with Crippen molar-refractivity contribution >= 4 is 41.2 Å². The average molecular weight is 553 g/mol. The van der Waals surface area contributed by atoms with Crippen LogP contribution in [0.25, 0.3) is 0 Å². The maximum absolute atomic E-state index is 14.8. The number of halogens is 3. The summed E-state index contributed by atoms with van der Waals surface area (Å²) >= 11 is 12.1. The number of amides is 2. The second-order valence-electron chi connectivity index (χ2n) is 11.1. The Labute approximate surface area is 230 Å². The lowest BCUT2D eigenvalue weighted by Crippen LogP contribution is -2.39. The number of carbonyl (C=O) groups is 2. The van der Waals surface area contributed by atoms with Gasteiger partial charge < -0.3 is 16.0 Å². The van der Waals surface area contributed by atoms with Crippen molar-refractivity contribution in [1.82, 2.24) is 10.6 Å². The third kappa shape index (κ3) is 10.3. The highest BCUT2D eigenvalue weighted by Crippen LogP contribution is 2.36. The molecule has 2 unspecified atom stereocenters. The minimum atomic E-state index is -0.467. The molecule has 2 atom stereocenters. The number of hydrogen-bond acceptors (Lipinski definition) is 3. The fourth-order valence-electron chi connectivity index (χ4n) is 4.54. The van der Waals surface area contributed by atoms with Crippen LogP contribution >= 0.6 is 23.2 Å². The molecule has 0 aromatic heterocycles. The molecule has 37 heavy (non-hydrogen) atoms. The molecule has 204 valence electrons. The van der Waals surface area contributed by atoms with Gasteiger partial charge in [-0.2, -0.15) is 0 Å². The van der Waals surface area contributed by atoms with E-state index in [4.69, 9.17) is 23.2 Å². The predicted octanol–water partition coefficient (Wildman–Crippen LogP) is 7.05. The molecule has 3 N–H and O–H groups in total. The Morgan fingerprint density at radius 2 is 1.84 bits per heavy atom. The van der Waals surface area contributed by atoms with E-state index in [0.717, 1.165) is 18.7 Å². The smallest absolute Gasteiger partial charge is 0.228 e. The topological polar surface area (TPSA) is 70.2 Å². The molecule has 0 bridgehead atoms. The van der Waals surface area contributed by atoms with Gasteiger partial charge in [0.15, 0.2) is 0 Å². The van der Waals surface area contributed by atoms with E-state index in [1.54, 1.807) is 43.4 Å². The van der Waals surface area contributed by atoms with Gasteiger partial charge in [-0.3, -0.25) is 9.59 Å². The van der Waals surface area contributed by atoms with Crippen molar-refractivity contribution in [3.63, 3.8) is 0 Å². The summed E-state index contributed by atoms with van der Waals surface area (Å²) < 4.78 is 14.8. The van der Waals surface area contributed by atoms with Crippen LogP contribution in [0.15, 0.2) is 42.5 Å². The molecule has 1 fully saturated rings. The summed E-state index contributed by atoms with van der Waals surface area (Å²) in [6, 6.07) is 12.5. The fourth-order valence-corrected chi connectivity index (χ4v) is 4.91. The molecule has 0 radical (unpaired) electrons. The molecule has 0 heterocycles. The second-order valence-corrected chi connectivity index (χ2v) is 11.9. The van der Waals surface area contributed by atoms with Crippen molar-refractivity contribution in [2.75, 3.05) is 18.9 Å². The molecule has 1 aliphatic rings. The summed E-state index contributed by atoms with van der Waals surface area (Å²) in [7, 11) is 1.80. The Morgan fingerprint density at radius 1 is 1.16 bits per heavy atom. The lowest BCUT2D eigenvalue weighted by molar-refractivity contribution is -0.121. The molecule has 8 heteroatoms. The van der Waals surface area contributed by atoms with Crippen LogP contribution < -0.4 is 16.0 Å². The molecule has 3 rings (SSSR count). The number of rotatable bonds is 10. The van der Waals surface area contributed by atoms with E-state index in [2.05, 4.69) is 43.6 Å². The summed E-state index contributed by atoms with van der Waals surface area (Å²) in [5, 5.41) is 9.40. The first-order valence-electron chi connectivity index (χ1n) is 12.8. The second kappa shape index (κ2) is 14.7. The summed E-state index contributed by atoms with van der Waals surface area (Å²) in [5.74, 6) is -0.594. The van der Waals surface area contributed by atoms with Crippen LogP contribution in [0.2, 0.25) is 10.0 Å². The minimum absolute atomic E-state index is 0.0473. The van der Waals surface area contributed by atoms with Gasteiger partial charge in [-0.1, -0.05) is 69.1 Å². The molecule has 1 aliphatic carbocycles. The van der Waals surface area contributed by atoms with Gasteiger partial charge in [0, 0.05) is 35.1 Å². The highest BCUT2D eigenvalue weighted by Gasteiger charge is 2.32. The first-order chi connectivity index (χ1) is 17.4. The number of carbonyl (C=O) groups excluding carboxylic acids is 2. The minimum Gasteiger partial charge on any atom is -0.356 e. The van der Waals surface area contributed by atoms with E-state index in [0.29, 0.717) is 35.3 Å². The van der Waals surface area contributed by atoms with E-state index in [1.807, 2.05) is 0 Å². The van der Waals surface area contributed by atoms with Crippen molar-refractivity contribution in [1.29, 1.82) is 0 Å². The van der Waals surface area contributed by atoms with Crippen LogP contribution in [0.1, 0.15) is 64.9 Å². The molecular formula is C29H40Cl2FN3O2. The SMILES string of the molecule is CC1CC(NC=O)C1.CNCC(c1cccc(Cl)c1F)C(CCC(C)(C)C)C(=O)Nc1cccc(Cl)c1. The summed E-state index contributed by atoms with van der Waals surface area (Å²) in [6.07, 6.45) is 4.56. The number of benzene rings is 2. The molecule has 0 spiro atoms. The van der Waals surface area contributed by atoms with Crippen molar-refractivity contribution in [3.05, 3.63) is 63.9 Å². The highest BCUT2D eigenvalue weighted by molar-refractivity contribution is 6.31. The quantitative estimate of drug-likeness (QED) is 0.277. The van der Waals surface area contributed by atoms with Crippen LogP contribution in [0.5, 0.6) is 0 Å². The van der Waals surface area contributed by atoms with Gasteiger partial charge in [-0.15, -0.1) is 0 Å². The zero-order valence-corrected chi connectivity index (χ0v) is 23.9. The molecule has 2 aromatic carbocycles. The van der Waals surface area contributed by atoms with Gasteiger partial charge in [0.25, 0.3) is 0 Å². The summed E-state index contributed by atoms with van der Waals surface area (Å²) in [4.78, 5) is 23.1. The first kappa shape index (κ1) is 31.1. The normalized spacial score (nSPS) is 18.5. The van der Waals surface area contributed by atoms with Crippen molar-refractivity contribution in [2.45, 2.75) is 65.3 Å². The largest absolute Gasteiger partial charge is 0.356 e. The lowest BCUT2D eigenvalue weighted by atomic mass is 9.78. The molecule has 0 saturated heterocycles. The van der Waals surface area contributed by atoms with Crippen molar-refractivity contribution in [3.8, 4) is 0 Å². The molecule has 5 nitrogen and oxygen atoms in total. The predicted molar refractivity (Wildman–Crippen MR) is 152 cm³/mol. The van der Waals surface area contributed by atoms with E-state index < -0.39 is 11.7 Å². The van der Waals surface area contributed by atoms with Gasteiger partial charge in [-0.05, 0) is 73.9 Å². The van der Waals surface area contributed by atoms with E-state index >= 15 is 0 Å². The van der Waals surface area contributed by atoms with Crippen LogP contribution in [0.4, 0.5) is 10.1 Å². The molecule has 1 saturated carbocycles. The molecule has 0 aliphatic heterocycles. The Hall–Kier alpha value is -2.15. The lowest BCUT2D eigenvalue weighted by Gasteiger charge is -2.31. The maximum Gasteiger partial charge on any atom is 0.228 e. The van der Waals surface area contributed by atoms with Gasteiger partial charge in [0.1, 0.15) is 5.82 Å². The van der Waals surface area contributed by atoms with Crippen LogP contribution in [-0.2, 0) is 9.59 Å². The van der Waals surface area contributed by atoms with Crippen molar-refractivity contribution in [2.24, 2.45) is 17.3 Å². The Balaban J connectivity index is 0.000000510. The third-order valence-electron chi connectivity index (χ3n) is 6.60. The maximum atomic E-state index is 14.8. The molecule has 2 aromatic rings. The van der Waals surface area contributed by atoms with E-state index in [9.17, 15) is 14.0 Å². The van der Waals surface area contributed by atoms with Gasteiger partial charge in [0.2, 0.25) is 12.3 Å². The van der Waals surface area contributed by atoms with E-state index in [1.165, 1.54) is 18.9 Å². The fraction of sp³-hybridized carbons (Fsp3) is 0.517. The standard InChI is InChI=1S/C23H29Cl2FN2O.C6H11NO/c1-23(2,3)12-11-18(22(29)28-16-8-5-7-15(24)13-16)19(14-27-4)17-9-6-10-20(25)21(17)26;1-5-2-6(3-5)7-4-8/h5-10,13,18-19,27H,11-12,14H2,1-4H3,(H,28,29);4-6H,2-3H2,1H3,(H,7,8). The van der Waals surface area contributed by atoms with Gasteiger partial charge in [-0.25, -0.2) is 4.39 Å². The average Bonchev–Trinajstić information content (AvgIpc) is 2.79. The van der Waals surface area contributed by atoms with Gasteiger partial charge in [0.05, 0.1) is 5.02 Å². The monoisotopic (exact) mass is 551 g/mol. The molecular weight excluding hydrogens is 512 g/mol. The first-order valence-corrected chi connectivity index (χ1v) is 13.6. The Bertz CT molecular complexity index is 1020. The van der Waals surface area contributed by atoms with Crippen LogP contribution in [-0.4, -0.2) is 32.0 Å². The summed E-state index contributed by atoms with van der Waals surface area (Å²) in [5.41, 5.74) is 1.12.